The first kappa shape index (κ1) is 18.5. The van der Waals surface area contributed by atoms with E-state index in [0.717, 1.165) is 12.8 Å². The van der Waals surface area contributed by atoms with Crippen molar-refractivity contribution in [2.45, 2.75) is 19.8 Å². The van der Waals surface area contributed by atoms with Crippen molar-refractivity contribution in [3.63, 3.8) is 0 Å². The summed E-state index contributed by atoms with van der Waals surface area (Å²) in [6, 6.07) is 10.1. The fourth-order valence-corrected chi connectivity index (χ4v) is 2.48. The Labute approximate surface area is 150 Å². The first-order valence-electron chi connectivity index (χ1n) is 7.82. The number of unbranched alkanes of at least 4 members (excludes halogenated alkanes) is 1. The molecule has 0 amide bonds. The number of allylic oxidation sites excluding steroid dienone is 2. The maximum atomic E-state index is 12.5. The van der Waals surface area contributed by atoms with Gasteiger partial charge >= 0.3 is 5.97 Å². The number of benzene rings is 1. The summed E-state index contributed by atoms with van der Waals surface area (Å²) >= 11 is 5.40. The van der Waals surface area contributed by atoms with E-state index in [1.807, 2.05) is 12.1 Å². The van der Waals surface area contributed by atoms with Gasteiger partial charge in [-0.1, -0.05) is 37.6 Å². The van der Waals surface area contributed by atoms with E-state index in [9.17, 15) is 9.59 Å². The fourth-order valence-electron chi connectivity index (χ4n) is 2.14. The smallest absolute Gasteiger partial charge is 0.357 e. The molecular weight excluding hydrogens is 338 g/mol. The summed E-state index contributed by atoms with van der Waals surface area (Å²) in [6.45, 7) is 2.07. The topological polar surface area (TPSA) is 65.6 Å². The van der Waals surface area contributed by atoms with Crippen LogP contribution in [-0.2, 0) is 4.74 Å². The summed E-state index contributed by atoms with van der Waals surface area (Å²) < 4.78 is 7.36. The van der Waals surface area contributed by atoms with Crippen LogP contribution in [0.2, 0.25) is 0 Å². The number of methoxy groups -OCH3 is 1. The van der Waals surface area contributed by atoms with Gasteiger partial charge in [-0.25, -0.2) is 4.79 Å². The highest BCUT2D eigenvalue weighted by Crippen LogP contribution is 2.09. The number of hydrogen-bond donors (Lipinski definition) is 0. The van der Waals surface area contributed by atoms with Gasteiger partial charge in [0.25, 0.3) is 5.56 Å². The Morgan fingerprint density at radius 3 is 2.68 bits per heavy atom. The first-order valence-corrected chi connectivity index (χ1v) is 8.23. The number of rotatable bonds is 6. The molecule has 0 aliphatic rings. The van der Waals surface area contributed by atoms with Crippen molar-refractivity contribution in [1.29, 1.82) is 0 Å². The zero-order valence-electron chi connectivity index (χ0n) is 14.1. The SMILES string of the molecule is CCC/C=C/C=N/n1c(C(=O)OC)cc(=O)n(-c2ccccc2)c1=S. The van der Waals surface area contributed by atoms with Crippen LogP contribution in [0.25, 0.3) is 5.69 Å². The predicted molar refractivity (Wildman–Crippen MR) is 100 cm³/mol. The molecule has 0 aliphatic heterocycles. The lowest BCUT2D eigenvalue weighted by Crippen LogP contribution is -2.26. The zero-order valence-corrected chi connectivity index (χ0v) is 14.9. The van der Waals surface area contributed by atoms with Gasteiger partial charge in [-0.2, -0.15) is 9.78 Å². The van der Waals surface area contributed by atoms with Crippen LogP contribution in [-0.4, -0.2) is 28.5 Å². The van der Waals surface area contributed by atoms with Crippen molar-refractivity contribution in [1.82, 2.24) is 9.24 Å². The van der Waals surface area contributed by atoms with E-state index >= 15 is 0 Å². The van der Waals surface area contributed by atoms with E-state index in [0.29, 0.717) is 5.69 Å². The number of hydrogen-bond acceptors (Lipinski definition) is 5. The molecular formula is C18H19N3O3S. The number of esters is 1. The first-order chi connectivity index (χ1) is 12.1. The molecule has 0 saturated carbocycles. The number of aromatic nitrogens is 2. The molecule has 2 rings (SSSR count). The minimum atomic E-state index is -0.682. The molecule has 25 heavy (non-hydrogen) atoms. The van der Waals surface area contributed by atoms with E-state index in [2.05, 4.69) is 12.0 Å². The van der Waals surface area contributed by atoms with Crippen molar-refractivity contribution in [3.8, 4) is 5.69 Å². The Bertz CT molecular complexity index is 911. The largest absolute Gasteiger partial charge is 0.464 e. The summed E-state index contributed by atoms with van der Waals surface area (Å²) in [5.74, 6) is -0.682. The van der Waals surface area contributed by atoms with E-state index in [1.54, 1.807) is 30.3 Å². The third kappa shape index (κ3) is 4.39. The van der Waals surface area contributed by atoms with Crippen molar-refractivity contribution in [3.05, 3.63) is 69.4 Å². The number of carbonyl (C=O) groups is 1. The maximum Gasteiger partial charge on any atom is 0.357 e. The van der Waals surface area contributed by atoms with Gasteiger partial charge in [0.05, 0.1) is 12.8 Å². The number of nitrogens with zero attached hydrogens (tertiary/aromatic N) is 3. The van der Waals surface area contributed by atoms with Crippen LogP contribution in [0, 0.1) is 4.77 Å². The van der Waals surface area contributed by atoms with Gasteiger partial charge in [-0.15, -0.1) is 0 Å². The minimum absolute atomic E-state index is 0.0233. The van der Waals surface area contributed by atoms with Crippen LogP contribution < -0.4 is 5.56 Å². The normalized spacial score (nSPS) is 11.3. The molecule has 0 radical (unpaired) electrons. The van der Waals surface area contributed by atoms with Gasteiger partial charge in [-0.3, -0.25) is 9.36 Å². The Morgan fingerprint density at radius 2 is 2.04 bits per heavy atom. The standard InChI is InChI=1S/C18H19N3O3S/c1-3-4-5-9-12-19-21-15(17(23)24-2)13-16(22)20(18(21)25)14-10-7-6-8-11-14/h5-13H,3-4H2,1-2H3/b9-5+,19-12+. The molecule has 0 spiro atoms. The van der Waals surface area contributed by atoms with Crippen molar-refractivity contribution in [2.24, 2.45) is 5.10 Å². The summed E-state index contributed by atoms with van der Waals surface area (Å²) in [5.41, 5.74) is 0.147. The lowest BCUT2D eigenvalue weighted by atomic mass is 10.3. The molecule has 6 nitrogen and oxygen atoms in total. The number of ether oxygens (including phenoxy) is 1. The van der Waals surface area contributed by atoms with Crippen molar-refractivity contribution < 1.29 is 9.53 Å². The lowest BCUT2D eigenvalue weighted by molar-refractivity contribution is 0.0587. The molecule has 0 saturated heterocycles. The fraction of sp³-hybridized carbons (Fsp3) is 0.222. The molecule has 7 heteroatoms. The number of carbonyl (C=O) groups excluding carboxylic acids is 1. The summed E-state index contributed by atoms with van der Waals surface area (Å²) in [4.78, 5) is 24.5. The van der Waals surface area contributed by atoms with Crippen LogP contribution >= 0.6 is 12.2 Å². The molecule has 0 unspecified atom stereocenters. The van der Waals surface area contributed by atoms with Crippen molar-refractivity contribution in [2.75, 3.05) is 7.11 Å². The third-order valence-corrected chi connectivity index (χ3v) is 3.71. The van der Waals surface area contributed by atoms with Crippen LogP contribution in [0.1, 0.15) is 30.3 Å². The van der Waals surface area contributed by atoms with Gasteiger partial charge in [0.1, 0.15) is 0 Å². The van der Waals surface area contributed by atoms with Crippen molar-refractivity contribution >= 4 is 24.4 Å². The molecule has 0 N–H and O–H groups in total. The highest BCUT2D eigenvalue weighted by atomic mass is 32.1. The molecule has 0 aliphatic carbocycles. The molecule has 130 valence electrons. The molecule has 0 atom stereocenters. The van der Waals surface area contributed by atoms with E-state index in [4.69, 9.17) is 17.0 Å². The molecule has 0 fully saturated rings. The van der Waals surface area contributed by atoms with Gasteiger partial charge < -0.3 is 4.74 Å². The molecule has 0 bridgehead atoms. The van der Waals surface area contributed by atoms with Crippen LogP contribution in [0.15, 0.2) is 58.4 Å². The highest BCUT2D eigenvalue weighted by Gasteiger charge is 2.16. The minimum Gasteiger partial charge on any atom is -0.464 e. The third-order valence-electron chi connectivity index (χ3n) is 3.35. The Morgan fingerprint density at radius 1 is 1.32 bits per heavy atom. The maximum absolute atomic E-state index is 12.5. The van der Waals surface area contributed by atoms with Gasteiger partial charge in [-0.05, 0) is 36.8 Å². The summed E-state index contributed by atoms with van der Waals surface area (Å²) in [5, 5.41) is 4.21. The average molecular weight is 357 g/mol. The van der Waals surface area contributed by atoms with Crippen LogP contribution in [0.3, 0.4) is 0 Å². The highest BCUT2D eigenvalue weighted by molar-refractivity contribution is 7.71. The Balaban J connectivity index is 2.63. The van der Waals surface area contributed by atoms with Crippen LogP contribution in [0.5, 0.6) is 0 Å². The quantitative estimate of drug-likeness (QED) is 0.452. The van der Waals surface area contributed by atoms with E-state index in [1.165, 1.54) is 28.6 Å². The predicted octanol–water partition coefficient (Wildman–Crippen LogP) is 3.35. The monoisotopic (exact) mass is 357 g/mol. The second-order valence-electron chi connectivity index (χ2n) is 5.11. The van der Waals surface area contributed by atoms with Gasteiger partial charge in [0.15, 0.2) is 5.69 Å². The molecule has 2 aromatic rings. The molecule has 1 aromatic carbocycles. The molecule has 1 aromatic heterocycles. The van der Waals surface area contributed by atoms with Gasteiger partial charge in [0.2, 0.25) is 4.77 Å². The summed E-state index contributed by atoms with van der Waals surface area (Å²) in [7, 11) is 1.24. The van der Waals surface area contributed by atoms with E-state index in [-0.39, 0.29) is 10.5 Å². The average Bonchev–Trinajstić information content (AvgIpc) is 2.63. The second kappa shape index (κ2) is 8.89. The lowest BCUT2D eigenvalue weighted by Gasteiger charge is -2.12. The number of para-hydroxylation sites is 1. The Kier molecular flexibility index (Phi) is 6.59. The second-order valence-corrected chi connectivity index (χ2v) is 5.47. The zero-order chi connectivity index (χ0) is 18.2. The summed E-state index contributed by atoms with van der Waals surface area (Å²) in [6.07, 6.45) is 7.20. The molecule has 1 heterocycles. The Hall–Kier alpha value is -2.80. The van der Waals surface area contributed by atoms with Crippen LogP contribution in [0.4, 0.5) is 0 Å². The van der Waals surface area contributed by atoms with E-state index < -0.39 is 11.5 Å². The van der Waals surface area contributed by atoms with Gasteiger partial charge in [0, 0.05) is 12.3 Å².